The lowest BCUT2D eigenvalue weighted by molar-refractivity contribution is 0.0992. The normalized spacial score (nSPS) is 15.9. The molecule has 26 heavy (non-hydrogen) atoms. The van der Waals surface area contributed by atoms with Crippen LogP contribution in [0.5, 0.6) is 0 Å². The number of aryl methyl sites for hydroxylation is 2. The highest BCUT2D eigenvalue weighted by atomic mass is 79.9. The van der Waals surface area contributed by atoms with Crippen molar-refractivity contribution in [3.8, 4) is 0 Å². The molecule has 0 fully saturated rings. The van der Waals surface area contributed by atoms with Crippen LogP contribution in [0.3, 0.4) is 0 Å². The molecule has 1 unspecified atom stereocenters. The highest BCUT2D eigenvalue weighted by molar-refractivity contribution is 9.10. The fourth-order valence-corrected chi connectivity index (χ4v) is 3.49. The minimum atomic E-state index is -0.298. The molecule has 2 aromatic carbocycles. The molecule has 0 radical (unpaired) electrons. The van der Waals surface area contributed by atoms with Gasteiger partial charge in [-0.3, -0.25) is 9.69 Å². The quantitative estimate of drug-likeness (QED) is 0.646. The molecular formula is C21H18BrN3O. The molecule has 1 N–H and O–H groups in total. The second-order valence-corrected chi connectivity index (χ2v) is 7.32. The first-order valence-corrected chi connectivity index (χ1v) is 9.22. The van der Waals surface area contributed by atoms with E-state index < -0.39 is 0 Å². The lowest BCUT2D eigenvalue weighted by Crippen LogP contribution is -2.33. The lowest BCUT2D eigenvalue weighted by Gasteiger charge is -2.26. The van der Waals surface area contributed by atoms with Crippen LogP contribution in [0, 0.1) is 13.8 Å². The number of rotatable bonds is 3. The number of hydrogen-bond donors (Lipinski definition) is 1. The highest BCUT2D eigenvalue weighted by Gasteiger charge is 2.38. The minimum Gasteiger partial charge on any atom is -0.361 e. The highest BCUT2D eigenvalue weighted by Crippen LogP contribution is 2.37. The summed E-state index contributed by atoms with van der Waals surface area (Å²) in [6.07, 6.45) is 1.44. The van der Waals surface area contributed by atoms with Gasteiger partial charge in [-0.15, -0.1) is 0 Å². The van der Waals surface area contributed by atoms with E-state index in [9.17, 15) is 4.79 Å². The van der Waals surface area contributed by atoms with Gasteiger partial charge in [0.1, 0.15) is 12.0 Å². The van der Waals surface area contributed by atoms with E-state index in [1.54, 1.807) is 11.1 Å². The molecule has 0 spiro atoms. The summed E-state index contributed by atoms with van der Waals surface area (Å²) < 4.78 is 1.06. The Morgan fingerprint density at radius 1 is 1.08 bits per heavy atom. The van der Waals surface area contributed by atoms with E-state index >= 15 is 0 Å². The van der Waals surface area contributed by atoms with Gasteiger partial charge in [0.05, 0.1) is 0 Å². The Hall–Kier alpha value is -2.66. The second-order valence-electron chi connectivity index (χ2n) is 6.46. The van der Waals surface area contributed by atoms with Crippen molar-refractivity contribution in [3.63, 3.8) is 0 Å². The molecule has 0 saturated carbocycles. The smallest absolute Gasteiger partial charge is 0.261 e. The molecule has 4 rings (SSSR count). The third-order valence-corrected chi connectivity index (χ3v) is 5.46. The van der Waals surface area contributed by atoms with Crippen LogP contribution in [-0.4, -0.2) is 10.9 Å². The van der Waals surface area contributed by atoms with Gasteiger partial charge in [-0.05, 0) is 61.4 Å². The van der Waals surface area contributed by atoms with Crippen molar-refractivity contribution < 1.29 is 4.79 Å². The standard InChI is InChI=1S/C21H18BrN3O/c1-13-9-10-23-19(11-13)25-20(16-5-3-4-6-17(16)21(25)26)24-15-7-8-18(22)14(2)12-15/h3-12,20,24H,1-2H3. The Morgan fingerprint density at radius 2 is 1.88 bits per heavy atom. The Balaban J connectivity index is 1.79. The summed E-state index contributed by atoms with van der Waals surface area (Å²) in [6.45, 7) is 4.04. The van der Waals surface area contributed by atoms with Gasteiger partial charge in [-0.2, -0.15) is 0 Å². The lowest BCUT2D eigenvalue weighted by atomic mass is 10.1. The number of carbonyl (C=O) groups is 1. The summed E-state index contributed by atoms with van der Waals surface area (Å²) >= 11 is 3.53. The Labute approximate surface area is 161 Å². The van der Waals surface area contributed by atoms with Crippen LogP contribution in [-0.2, 0) is 0 Å². The zero-order valence-corrected chi connectivity index (χ0v) is 16.1. The molecule has 130 valence electrons. The van der Waals surface area contributed by atoms with E-state index in [-0.39, 0.29) is 12.1 Å². The predicted octanol–water partition coefficient (Wildman–Crippen LogP) is 5.23. The first kappa shape index (κ1) is 16.8. The Kier molecular flexibility index (Phi) is 4.24. The molecule has 0 aliphatic carbocycles. The monoisotopic (exact) mass is 407 g/mol. The number of amides is 1. The van der Waals surface area contributed by atoms with Crippen molar-refractivity contribution in [2.24, 2.45) is 0 Å². The predicted molar refractivity (Wildman–Crippen MR) is 107 cm³/mol. The molecule has 2 heterocycles. The summed E-state index contributed by atoms with van der Waals surface area (Å²) in [5.74, 6) is 0.613. The maximum Gasteiger partial charge on any atom is 0.261 e. The molecule has 5 heteroatoms. The maximum absolute atomic E-state index is 13.1. The number of carbonyl (C=O) groups excluding carboxylic acids is 1. The summed E-state index contributed by atoms with van der Waals surface area (Å²) in [4.78, 5) is 19.2. The van der Waals surface area contributed by atoms with Crippen molar-refractivity contribution >= 4 is 33.3 Å². The number of pyridine rings is 1. The van der Waals surface area contributed by atoms with Gasteiger partial charge in [-0.1, -0.05) is 34.1 Å². The average Bonchev–Trinajstić information content (AvgIpc) is 2.91. The topological polar surface area (TPSA) is 45.2 Å². The van der Waals surface area contributed by atoms with Crippen LogP contribution in [0.25, 0.3) is 0 Å². The molecule has 3 aromatic rings. The molecule has 4 nitrogen and oxygen atoms in total. The van der Waals surface area contributed by atoms with Crippen LogP contribution in [0.4, 0.5) is 11.5 Å². The number of benzene rings is 2. The summed E-state index contributed by atoms with van der Waals surface area (Å²) in [6, 6.07) is 17.7. The van der Waals surface area contributed by atoms with Crippen molar-refractivity contribution in [1.29, 1.82) is 0 Å². The molecule has 0 saturated heterocycles. The van der Waals surface area contributed by atoms with Gasteiger partial charge in [0.2, 0.25) is 0 Å². The molecular weight excluding hydrogens is 390 g/mol. The molecule has 1 atom stereocenters. The third kappa shape index (κ3) is 2.88. The zero-order chi connectivity index (χ0) is 18.3. The average molecular weight is 408 g/mol. The first-order chi connectivity index (χ1) is 12.5. The number of hydrogen-bond acceptors (Lipinski definition) is 3. The van der Waals surface area contributed by atoms with Crippen molar-refractivity contribution in [3.05, 3.63) is 87.5 Å². The van der Waals surface area contributed by atoms with Crippen molar-refractivity contribution in [2.75, 3.05) is 10.2 Å². The summed E-state index contributed by atoms with van der Waals surface area (Å²) in [7, 11) is 0. The second kappa shape index (κ2) is 6.57. The maximum atomic E-state index is 13.1. The van der Waals surface area contributed by atoms with E-state index in [2.05, 4.69) is 32.3 Å². The van der Waals surface area contributed by atoms with Crippen LogP contribution >= 0.6 is 15.9 Å². The van der Waals surface area contributed by atoms with Crippen molar-refractivity contribution in [1.82, 2.24) is 4.98 Å². The van der Waals surface area contributed by atoms with Crippen molar-refractivity contribution in [2.45, 2.75) is 20.0 Å². The Morgan fingerprint density at radius 3 is 2.65 bits per heavy atom. The van der Waals surface area contributed by atoms with E-state index in [1.807, 2.05) is 62.4 Å². The fourth-order valence-electron chi connectivity index (χ4n) is 3.24. The van der Waals surface area contributed by atoms with Crippen LogP contribution in [0.2, 0.25) is 0 Å². The van der Waals surface area contributed by atoms with Gasteiger partial charge >= 0.3 is 0 Å². The van der Waals surface area contributed by atoms with Crippen LogP contribution in [0.1, 0.15) is 33.2 Å². The van der Waals surface area contributed by atoms with Gasteiger partial charge in [0, 0.05) is 27.5 Å². The number of nitrogens with one attached hydrogen (secondary N) is 1. The van der Waals surface area contributed by atoms with E-state index in [0.29, 0.717) is 11.4 Å². The third-order valence-electron chi connectivity index (χ3n) is 4.57. The Bertz CT molecular complexity index is 1000. The number of aromatic nitrogens is 1. The molecule has 1 amide bonds. The van der Waals surface area contributed by atoms with Crippen LogP contribution in [0.15, 0.2) is 65.3 Å². The SMILES string of the molecule is Cc1ccnc(N2C(=O)c3ccccc3C2Nc2ccc(Br)c(C)c2)c1. The van der Waals surface area contributed by atoms with E-state index in [4.69, 9.17) is 0 Å². The minimum absolute atomic E-state index is 0.0370. The fraction of sp³-hybridized carbons (Fsp3) is 0.143. The zero-order valence-electron chi connectivity index (χ0n) is 14.5. The molecule has 1 aliphatic rings. The van der Waals surface area contributed by atoms with Gasteiger partial charge < -0.3 is 5.32 Å². The molecule has 1 aromatic heterocycles. The molecule has 1 aliphatic heterocycles. The van der Waals surface area contributed by atoms with Crippen LogP contribution < -0.4 is 10.2 Å². The van der Waals surface area contributed by atoms with Gasteiger partial charge in [0.15, 0.2) is 0 Å². The number of halogens is 1. The number of nitrogens with zero attached hydrogens (tertiary/aromatic N) is 2. The molecule has 0 bridgehead atoms. The van der Waals surface area contributed by atoms with Gasteiger partial charge in [0.25, 0.3) is 5.91 Å². The van der Waals surface area contributed by atoms with Gasteiger partial charge in [-0.25, -0.2) is 4.98 Å². The number of fused-ring (bicyclic) bond motifs is 1. The summed E-state index contributed by atoms with van der Waals surface area (Å²) in [5, 5.41) is 3.51. The number of anilines is 2. The van der Waals surface area contributed by atoms with E-state index in [0.717, 1.165) is 26.9 Å². The largest absolute Gasteiger partial charge is 0.361 e. The summed E-state index contributed by atoms with van der Waals surface area (Å²) in [5.41, 5.74) is 4.83. The first-order valence-electron chi connectivity index (χ1n) is 8.42. The van der Waals surface area contributed by atoms with E-state index in [1.165, 1.54) is 0 Å².